The molecule has 0 amide bonds. The van der Waals surface area contributed by atoms with Crippen molar-refractivity contribution in [3.63, 3.8) is 0 Å². The Morgan fingerprint density at radius 2 is 2.07 bits per heavy atom. The van der Waals surface area contributed by atoms with Crippen LogP contribution in [-0.2, 0) is 0 Å². The van der Waals surface area contributed by atoms with Crippen molar-refractivity contribution in [3.05, 3.63) is 41.6 Å². The van der Waals surface area contributed by atoms with Crippen LogP contribution in [0.3, 0.4) is 0 Å². The van der Waals surface area contributed by atoms with Crippen LogP contribution in [0.25, 0.3) is 0 Å². The van der Waals surface area contributed by atoms with Gasteiger partial charge in [0.05, 0.1) is 6.04 Å². The van der Waals surface area contributed by atoms with E-state index in [9.17, 15) is 0 Å². The summed E-state index contributed by atoms with van der Waals surface area (Å²) in [6.07, 6.45) is 0. The van der Waals surface area contributed by atoms with Crippen molar-refractivity contribution < 1.29 is 0 Å². The van der Waals surface area contributed by atoms with Gasteiger partial charge in [0.15, 0.2) is 0 Å². The van der Waals surface area contributed by atoms with Crippen LogP contribution in [0, 0.1) is 0 Å². The number of halogens is 2. The van der Waals surface area contributed by atoms with Crippen molar-refractivity contribution in [3.8, 4) is 0 Å². The minimum Gasteiger partial charge on any atom is -0.319 e. The zero-order chi connectivity index (χ0) is 10.1. The smallest absolute Gasteiger partial charge is 0.0751 e. The standard InChI is InChI=1S/C9H7Br2NS2/c10-5-3-7(14-4-5)8(12)9-6(11)1-2-13-9/h1-4,8H,12H2. The molecule has 14 heavy (non-hydrogen) atoms. The molecule has 0 fully saturated rings. The van der Waals surface area contributed by atoms with Gasteiger partial charge >= 0.3 is 0 Å². The highest BCUT2D eigenvalue weighted by molar-refractivity contribution is 9.10. The third-order valence-electron chi connectivity index (χ3n) is 1.82. The summed E-state index contributed by atoms with van der Waals surface area (Å²) in [5, 5.41) is 4.10. The fraction of sp³-hybridized carbons (Fsp3) is 0.111. The van der Waals surface area contributed by atoms with Crippen LogP contribution in [0.15, 0.2) is 31.8 Å². The maximum Gasteiger partial charge on any atom is 0.0751 e. The van der Waals surface area contributed by atoms with E-state index in [1.807, 2.05) is 11.4 Å². The van der Waals surface area contributed by atoms with Crippen LogP contribution in [0.2, 0.25) is 0 Å². The van der Waals surface area contributed by atoms with E-state index in [2.05, 4.69) is 43.3 Å². The molecule has 1 nitrogen and oxygen atoms in total. The molecule has 2 rings (SSSR count). The molecule has 0 saturated carbocycles. The molecule has 0 aromatic carbocycles. The second kappa shape index (κ2) is 4.45. The number of thiophene rings is 2. The molecule has 0 aliphatic rings. The molecule has 1 unspecified atom stereocenters. The summed E-state index contributed by atoms with van der Waals surface area (Å²) in [6.45, 7) is 0. The van der Waals surface area contributed by atoms with E-state index in [0.29, 0.717) is 0 Å². The van der Waals surface area contributed by atoms with Gasteiger partial charge < -0.3 is 5.73 Å². The Labute approximate surface area is 107 Å². The Morgan fingerprint density at radius 1 is 1.29 bits per heavy atom. The van der Waals surface area contributed by atoms with Crippen LogP contribution in [0.5, 0.6) is 0 Å². The lowest BCUT2D eigenvalue weighted by Gasteiger charge is -2.07. The predicted molar refractivity (Wildman–Crippen MR) is 70.1 cm³/mol. The molecule has 74 valence electrons. The van der Waals surface area contributed by atoms with Gasteiger partial charge in [-0.1, -0.05) is 0 Å². The van der Waals surface area contributed by atoms with Crippen molar-refractivity contribution in [1.29, 1.82) is 0 Å². The molecule has 2 N–H and O–H groups in total. The van der Waals surface area contributed by atoms with Gasteiger partial charge in [-0.3, -0.25) is 0 Å². The van der Waals surface area contributed by atoms with E-state index in [0.717, 1.165) is 8.95 Å². The van der Waals surface area contributed by atoms with E-state index in [-0.39, 0.29) is 6.04 Å². The third-order valence-corrected chi connectivity index (χ3v) is 5.55. The van der Waals surface area contributed by atoms with Gasteiger partial charge in [0.2, 0.25) is 0 Å². The van der Waals surface area contributed by atoms with E-state index in [1.54, 1.807) is 22.7 Å². The van der Waals surface area contributed by atoms with E-state index >= 15 is 0 Å². The summed E-state index contributed by atoms with van der Waals surface area (Å²) >= 11 is 10.3. The van der Waals surface area contributed by atoms with Gasteiger partial charge in [0, 0.05) is 24.1 Å². The van der Waals surface area contributed by atoms with Gasteiger partial charge in [-0.15, -0.1) is 22.7 Å². The average Bonchev–Trinajstić information content (AvgIpc) is 2.73. The number of nitrogens with two attached hydrogens (primary N) is 1. The summed E-state index contributed by atoms with van der Waals surface area (Å²) < 4.78 is 2.19. The number of hydrogen-bond donors (Lipinski definition) is 1. The molecule has 0 radical (unpaired) electrons. The molecule has 5 heteroatoms. The first-order valence-electron chi connectivity index (χ1n) is 3.91. The van der Waals surface area contributed by atoms with Gasteiger partial charge in [0.25, 0.3) is 0 Å². The van der Waals surface area contributed by atoms with Crippen molar-refractivity contribution in [2.45, 2.75) is 6.04 Å². The maximum absolute atomic E-state index is 6.14. The molecular weight excluding hydrogens is 346 g/mol. The maximum atomic E-state index is 6.14. The van der Waals surface area contributed by atoms with Gasteiger partial charge in [0.1, 0.15) is 0 Å². The fourth-order valence-corrected chi connectivity index (χ4v) is 4.32. The zero-order valence-electron chi connectivity index (χ0n) is 7.04. The highest BCUT2D eigenvalue weighted by Gasteiger charge is 2.15. The average molecular weight is 353 g/mol. The lowest BCUT2D eigenvalue weighted by Crippen LogP contribution is -2.08. The monoisotopic (exact) mass is 351 g/mol. The van der Waals surface area contributed by atoms with Crippen molar-refractivity contribution in [2.75, 3.05) is 0 Å². The third kappa shape index (κ3) is 2.12. The molecule has 2 heterocycles. The normalized spacial score (nSPS) is 13.1. The molecule has 2 aromatic rings. The van der Waals surface area contributed by atoms with Gasteiger partial charge in [-0.2, -0.15) is 0 Å². The first kappa shape index (κ1) is 10.8. The number of hydrogen-bond acceptors (Lipinski definition) is 3. The lowest BCUT2D eigenvalue weighted by atomic mass is 10.2. The van der Waals surface area contributed by atoms with Crippen molar-refractivity contribution in [2.24, 2.45) is 5.73 Å². The molecule has 0 aliphatic heterocycles. The van der Waals surface area contributed by atoms with E-state index < -0.39 is 0 Å². The quantitative estimate of drug-likeness (QED) is 0.852. The van der Waals surface area contributed by atoms with Crippen molar-refractivity contribution >= 4 is 54.5 Å². The Bertz CT molecular complexity index is 435. The summed E-state index contributed by atoms with van der Waals surface area (Å²) in [4.78, 5) is 2.36. The molecule has 0 spiro atoms. The van der Waals surface area contributed by atoms with E-state index in [4.69, 9.17) is 5.73 Å². The van der Waals surface area contributed by atoms with Crippen molar-refractivity contribution in [1.82, 2.24) is 0 Å². The van der Waals surface area contributed by atoms with Crippen LogP contribution < -0.4 is 5.73 Å². The summed E-state index contributed by atoms with van der Waals surface area (Å²) in [6, 6.07) is 4.09. The zero-order valence-corrected chi connectivity index (χ0v) is 11.8. The minimum atomic E-state index is -0.0133. The van der Waals surface area contributed by atoms with Gasteiger partial charge in [-0.05, 0) is 49.4 Å². The Hall–Kier alpha value is 0.320. The summed E-state index contributed by atoms with van der Waals surface area (Å²) in [5.41, 5.74) is 6.14. The molecular formula is C9H7Br2NS2. The first-order chi connectivity index (χ1) is 6.68. The predicted octanol–water partition coefficient (Wildman–Crippen LogP) is 4.38. The Kier molecular flexibility index (Phi) is 3.44. The van der Waals surface area contributed by atoms with Crippen LogP contribution >= 0.6 is 54.5 Å². The topological polar surface area (TPSA) is 26.0 Å². The van der Waals surface area contributed by atoms with E-state index in [1.165, 1.54) is 9.75 Å². The highest BCUT2D eigenvalue weighted by atomic mass is 79.9. The van der Waals surface area contributed by atoms with Crippen LogP contribution in [0.4, 0.5) is 0 Å². The molecule has 2 aromatic heterocycles. The second-order valence-electron chi connectivity index (χ2n) is 2.78. The Morgan fingerprint density at radius 3 is 2.57 bits per heavy atom. The van der Waals surface area contributed by atoms with Gasteiger partial charge in [-0.25, -0.2) is 0 Å². The largest absolute Gasteiger partial charge is 0.319 e. The number of rotatable bonds is 2. The Balaban J connectivity index is 2.33. The first-order valence-corrected chi connectivity index (χ1v) is 7.25. The lowest BCUT2D eigenvalue weighted by molar-refractivity contribution is 0.912. The molecule has 0 aliphatic carbocycles. The van der Waals surface area contributed by atoms with Crippen LogP contribution in [0.1, 0.15) is 15.8 Å². The highest BCUT2D eigenvalue weighted by Crippen LogP contribution is 2.34. The SMILES string of the molecule is NC(c1cc(Br)cs1)c1sccc1Br. The second-order valence-corrected chi connectivity index (χ2v) is 6.44. The minimum absolute atomic E-state index is 0.0133. The molecule has 1 atom stereocenters. The van der Waals surface area contributed by atoms with Crippen LogP contribution in [-0.4, -0.2) is 0 Å². The fourth-order valence-electron chi connectivity index (χ4n) is 1.15. The molecule has 0 saturated heterocycles. The molecule has 0 bridgehead atoms. The summed E-state index contributed by atoms with van der Waals surface area (Å²) in [7, 11) is 0. The summed E-state index contributed by atoms with van der Waals surface area (Å²) in [5.74, 6) is 0.